The van der Waals surface area contributed by atoms with Crippen LogP contribution in [0.15, 0.2) is 22.4 Å². The summed E-state index contributed by atoms with van der Waals surface area (Å²) in [7, 11) is 0. The highest BCUT2D eigenvalue weighted by Gasteiger charge is 2.45. The van der Waals surface area contributed by atoms with E-state index in [9.17, 15) is 13.6 Å². The molecule has 5 rings (SSSR count). The molecule has 0 aromatic heterocycles. The zero-order valence-electron chi connectivity index (χ0n) is 14.2. The summed E-state index contributed by atoms with van der Waals surface area (Å²) in [5, 5.41) is 15.0. The first-order valence-corrected chi connectivity index (χ1v) is 8.75. The van der Waals surface area contributed by atoms with E-state index in [0.29, 0.717) is 12.1 Å². The first kappa shape index (κ1) is 16.6. The molecule has 4 heterocycles. The van der Waals surface area contributed by atoms with Crippen LogP contribution in [-0.4, -0.2) is 55.4 Å². The van der Waals surface area contributed by atoms with E-state index >= 15 is 0 Å². The molecule has 2 N–H and O–H groups in total. The van der Waals surface area contributed by atoms with Crippen molar-refractivity contribution < 1.29 is 27.8 Å². The zero-order chi connectivity index (χ0) is 18.6. The van der Waals surface area contributed by atoms with Gasteiger partial charge >= 0.3 is 12.3 Å². The molecule has 1 saturated heterocycles. The second kappa shape index (κ2) is 5.99. The number of alkyl halides is 2. The summed E-state index contributed by atoms with van der Waals surface area (Å²) in [5.74, 6) is -0.960. The number of cyclic esters (lactones) is 1. The third-order valence-corrected chi connectivity index (χ3v) is 5.02. The summed E-state index contributed by atoms with van der Waals surface area (Å²) in [5.41, 5.74) is 0.456. The number of nitrogens with zero attached hydrogens (tertiary/aromatic N) is 3. The fourth-order valence-corrected chi connectivity index (χ4v) is 3.67. The monoisotopic (exact) mass is 381 g/mol. The maximum atomic E-state index is 13.2. The molecule has 0 saturated carbocycles. The van der Waals surface area contributed by atoms with Crippen LogP contribution in [0.1, 0.15) is 23.2 Å². The Morgan fingerprint density at radius 2 is 2.00 bits per heavy atom. The molecular formula is C16H17F2N5O4. The van der Waals surface area contributed by atoms with Crippen molar-refractivity contribution >= 4 is 11.7 Å². The predicted octanol–water partition coefficient (Wildman–Crippen LogP) is 1.72. The molecule has 0 spiro atoms. The van der Waals surface area contributed by atoms with Gasteiger partial charge in [0.15, 0.2) is 17.7 Å². The fourth-order valence-electron chi connectivity index (χ4n) is 3.67. The molecule has 3 unspecified atom stereocenters. The van der Waals surface area contributed by atoms with Crippen molar-refractivity contribution in [3.8, 4) is 11.5 Å². The topological polar surface area (TPSA) is 96.8 Å². The molecule has 144 valence electrons. The lowest BCUT2D eigenvalue weighted by molar-refractivity contribution is -0.286. The number of hydrogen-bond donors (Lipinski definition) is 2. The summed E-state index contributed by atoms with van der Waals surface area (Å²) in [6.07, 6.45) is -2.95. The minimum absolute atomic E-state index is 0.0267. The van der Waals surface area contributed by atoms with E-state index in [1.165, 1.54) is 12.1 Å². The zero-order valence-corrected chi connectivity index (χ0v) is 14.2. The lowest BCUT2D eigenvalue weighted by Gasteiger charge is -2.33. The van der Waals surface area contributed by atoms with E-state index in [1.54, 1.807) is 0 Å². The minimum atomic E-state index is -3.74. The lowest BCUT2D eigenvalue weighted by atomic mass is 10.0. The van der Waals surface area contributed by atoms with Crippen molar-refractivity contribution in [3.63, 3.8) is 0 Å². The van der Waals surface area contributed by atoms with E-state index in [-0.39, 0.29) is 29.3 Å². The predicted molar refractivity (Wildman–Crippen MR) is 86.7 cm³/mol. The standard InChI is InChI=1S/C16H17F2N5O4/c17-16(18)26-11-5-8-10(6-12(11)27-16)20-14(25-15(8)24)9-1-2-13(22-21-9)23-4-3-19-7-23/h5-6,9,13-14,19-20H,1-4,7H2. The van der Waals surface area contributed by atoms with E-state index < -0.39 is 18.5 Å². The summed E-state index contributed by atoms with van der Waals surface area (Å²) in [6, 6.07) is 2.16. The molecule has 4 aliphatic rings. The largest absolute Gasteiger partial charge is 0.586 e. The van der Waals surface area contributed by atoms with Gasteiger partial charge in [-0.2, -0.15) is 10.2 Å². The second-order valence-corrected chi connectivity index (χ2v) is 6.81. The van der Waals surface area contributed by atoms with Crippen LogP contribution in [0.4, 0.5) is 14.5 Å². The van der Waals surface area contributed by atoms with Gasteiger partial charge in [0, 0.05) is 25.2 Å². The maximum absolute atomic E-state index is 13.2. The van der Waals surface area contributed by atoms with Crippen molar-refractivity contribution in [1.82, 2.24) is 10.2 Å². The summed E-state index contributed by atoms with van der Waals surface area (Å²) < 4.78 is 40.7. The van der Waals surface area contributed by atoms with Crippen molar-refractivity contribution in [2.45, 2.75) is 37.6 Å². The maximum Gasteiger partial charge on any atom is 0.586 e. The Morgan fingerprint density at radius 1 is 1.19 bits per heavy atom. The molecule has 1 fully saturated rings. The molecule has 0 bridgehead atoms. The number of nitrogens with one attached hydrogen (secondary N) is 2. The Balaban J connectivity index is 1.33. The number of hydrogen-bond acceptors (Lipinski definition) is 9. The SMILES string of the molecule is O=C1OC(C2CCC(N3CCNC3)N=N2)Nc2cc3c(cc21)OC(F)(F)O3. The second-order valence-electron chi connectivity index (χ2n) is 6.81. The van der Waals surface area contributed by atoms with Crippen LogP contribution in [-0.2, 0) is 4.74 Å². The van der Waals surface area contributed by atoms with E-state index in [2.05, 4.69) is 35.2 Å². The number of rotatable bonds is 2. The highest BCUT2D eigenvalue weighted by atomic mass is 19.3. The Bertz CT molecular complexity index is 814. The summed E-state index contributed by atoms with van der Waals surface area (Å²) in [6.45, 7) is 2.65. The Labute approximate surface area is 152 Å². The lowest BCUT2D eigenvalue weighted by Crippen LogP contribution is -2.43. The molecule has 0 amide bonds. The minimum Gasteiger partial charge on any atom is -0.436 e. The van der Waals surface area contributed by atoms with Crippen molar-refractivity contribution in [2.24, 2.45) is 10.2 Å². The molecular weight excluding hydrogens is 364 g/mol. The van der Waals surface area contributed by atoms with Gasteiger partial charge in [0.2, 0.25) is 0 Å². The summed E-state index contributed by atoms with van der Waals surface area (Å²) in [4.78, 5) is 14.5. The highest BCUT2D eigenvalue weighted by molar-refractivity contribution is 5.98. The number of azo groups is 1. The van der Waals surface area contributed by atoms with Crippen LogP contribution in [0.3, 0.4) is 0 Å². The number of halogens is 2. The smallest absolute Gasteiger partial charge is 0.436 e. The first-order valence-electron chi connectivity index (χ1n) is 8.75. The normalized spacial score (nSPS) is 31.3. The van der Waals surface area contributed by atoms with Gasteiger partial charge < -0.3 is 24.8 Å². The van der Waals surface area contributed by atoms with Crippen LogP contribution >= 0.6 is 0 Å². The van der Waals surface area contributed by atoms with E-state index in [0.717, 1.165) is 26.2 Å². The summed E-state index contributed by atoms with van der Waals surface area (Å²) >= 11 is 0. The van der Waals surface area contributed by atoms with Crippen molar-refractivity contribution in [1.29, 1.82) is 0 Å². The van der Waals surface area contributed by atoms with E-state index in [4.69, 9.17) is 4.74 Å². The van der Waals surface area contributed by atoms with Gasteiger partial charge in [0.05, 0.1) is 17.9 Å². The number of carbonyl (C=O) groups excluding carboxylic acids is 1. The number of anilines is 1. The quantitative estimate of drug-likeness (QED) is 0.753. The van der Waals surface area contributed by atoms with Gasteiger partial charge in [0.25, 0.3) is 0 Å². The molecule has 27 heavy (non-hydrogen) atoms. The molecule has 0 aliphatic carbocycles. The van der Waals surface area contributed by atoms with Crippen molar-refractivity contribution in [3.05, 3.63) is 17.7 Å². The van der Waals surface area contributed by atoms with Gasteiger partial charge in [-0.25, -0.2) is 4.79 Å². The number of esters is 1. The van der Waals surface area contributed by atoms with Gasteiger partial charge in [-0.05, 0) is 12.8 Å². The van der Waals surface area contributed by atoms with Crippen LogP contribution < -0.4 is 20.1 Å². The third kappa shape index (κ3) is 2.96. The Hall–Kier alpha value is -2.53. The molecule has 4 aliphatic heterocycles. The molecule has 1 aromatic carbocycles. The molecule has 1 aromatic rings. The molecule has 0 radical (unpaired) electrons. The van der Waals surface area contributed by atoms with Crippen LogP contribution in [0.5, 0.6) is 11.5 Å². The third-order valence-electron chi connectivity index (χ3n) is 5.02. The number of benzene rings is 1. The van der Waals surface area contributed by atoms with Crippen molar-refractivity contribution in [2.75, 3.05) is 25.1 Å². The highest BCUT2D eigenvalue weighted by Crippen LogP contribution is 2.45. The first-order chi connectivity index (χ1) is 13.0. The van der Waals surface area contributed by atoms with Crippen LogP contribution in [0.2, 0.25) is 0 Å². The average Bonchev–Trinajstić information content (AvgIpc) is 3.26. The van der Waals surface area contributed by atoms with Gasteiger partial charge in [-0.1, -0.05) is 0 Å². The van der Waals surface area contributed by atoms with Gasteiger partial charge in [0.1, 0.15) is 12.2 Å². The molecule has 9 nitrogen and oxygen atoms in total. The van der Waals surface area contributed by atoms with Crippen LogP contribution in [0, 0.1) is 0 Å². The average molecular weight is 381 g/mol. The number of carbonyl (C=O) groups is 1. The van der Waals surface area contributed by atoms with Gasteiger partial charge in [-0.15, -0.1) is 8.78 Å². The number of fused-ring (bicyclic) bond motifs is 2. The fraction of sp³-hybridized carbons (Fsp3) is 0.562. The Kier molecular flexibility index (Phi) is 3.69. The number of ether oxygens (including phenoxy) is 3. The van der Waals surface area contributed by atoms with Crippen LogP contribution in [0.25, 0.3) is 0 Å². The van der Waals surface area contributed by atoms with Gasteiger partial charge in [-0.3, -0.25) is 4.90 Å². The van der Waals surface area contributed by atoms with E-state index in [1.807, 2.05) is 0 Å². The molecule has 3 atom stereocenters. The molecule has 11 heteroatoms. The Morgan fingerprint density at radius 3 is 2.70 bits per heavy atom.